The first-order chi connectivity index (χ1) is 13.6. The summed E-state index contributed by atoms with van der Waals surface area (Å²) in [4.78, 5) is 7.25. The number of nitrogens with zero attached hydrogens (tertiary/aromatic N) is 2. The lowest BCUT2D eigenvalue weighted by atomic mass is 10.0. The van der Waals surface area contributed by atoms with Crippen LogP contribution in [0.3, 0.4) is 0 Å². The molecule has 1 aromatic carbocycles. The number of aliphatic imine (C=N–C) groups is 1. The number of hydrogen-bond donors (Lipinski definition) is 2. The lowest BCUT2D eigenvalue weighted by Gasteiger charge is -2.35. The summed E-state index contributed by atoms with van der Waals surface area (Å²) >= 11 is 6.26. The first kappa shape index (κ1) is 24.7. The van der Waals surface area contributed by atoms with Gasteiger partial charge in [0.05, 0.1) is 31.4 Å². The van der Waals surface area contributed by atoms with Crippen LogP contribution in [0.25, 0.3) is 0 Å². The summed E-state index contributed by atoms with van der Waals surface area (Å²) < 4.78 is 11.4. The molecule has 1 aromatic rings. The molecule has 0 radical (unpaired) electrons. The molecule has 8 heteroatoms. The molecular formula is C21H34ClIN4O2. The summed E-state index contributed by atoms with van der Waals surface area (Å²) in [5, 5.41) is 7.66. The largest absolute Gasteiger partial charge is 0.379 e. The molecule has 164 valence electrons. The third-order valence-electron chi connectivity index (χ3n) is 5.40. The minimum Gasteiger partial charge on any atom is -0.379 e. The van der Waals surface area contributed by atoms with Crippen molar-refractivity contribution in [3.05, 3.63) is 34.9 Å². The summed E-state index contributed by atoms with van der Waals surface area (Å²) in [6.07, 6.45) is 2.18. The van der Waals surface area contributed by atoms with Crippen molar-refractivity contribution in [2.45, 2.75) is 38.3 Å². The van der Waals surface area contributed by atoms with Gasteiger partial charge < -0.3 is 20.1 Å². The molecule has 2 unspecified atom stereocenters. The van der Waals surface area contributed by atoms with E-state index in [9.17, 15) is 0 Å². The van der Waals surface area contributed by atoms with Gasteiger partial charge in [-0.3, -0.25) is 9.89 Å². The van der Waals surface area contributed by atoms with Gasteiger partial charge in [-0.25, -0.2) is 0 Å². The molecule has 0 aliphatic carbocycles. The van der Waals surface area contributed by atoms with Crippen LogP contribution in [-0.2, 0) is 9.47 Å². The maximum absolute atomic E-state index is 6.26. The Morgan fingerprint density at radius 1 is 1.28 bits per heavy atom. The highest BCUT2D eigenvalue weighted by Crippen LogP contribution is 2.26. The molecular weight excluding hydrogens is 503 g/mol. The van der Waals surface area contributed by atoms with E-state index in [4.69, 9.17) is 26.1 Å². The van der Waals surface area contributed by atoms with Crippen molar-refractivity contribution < 1.29 is 9.47 Å². The molecule has 2 heterocycles. The number of benzene rings is 1. The van der Waals surface area contributed by atoms with Crippen molar-refractivity contribution in [2.24, 2.45) is 4.99 Å². The lowest BCUT2D eigenvalue weighted by Crippen LogP contribution is -2.46. The fourth-order valence-corrected chi connectivity index (χ4v) is 4.00. The fraction of sp³-hybridized carbons (Fsp3) is 0.667. The Hall–Kier alpha value is -0.610. The second-order valence-corrected chi connectivity index (χ2v) is 8.13. The first-order valence-corrected chi connectivity index (χ1v) is 10.7. The van der Waals surface area contributed by atoms with Crippen LogP contribution in [0.4, 0.5) is 0 Å². The van der Waals surface area contributed by atoms with E-state index in [1.54, 1.807) is 0 Å². The number of nitrogens with one attached hydrogen (secondary N) is 2. The van der Waals surface area contributed by atoms with Crippen LogP contribution in [0.2, 0.25) is 5.02 Å². The van der Waals surface area contributed by atoms with Gasteiger partial charge in [0.1, 0.15) is 0 Å². The molecule has 0 bridgehead atoms. The Labute approximate surface area is 196 Å². The molecule has 29 heavy (non-hydrogen) atoms. The van der Waals surface area contributed by atoms with E-state index in [0.29, 0.717) is 6.54 Å². The number of guanidine groups is 1. The molecule has 2 aliphatic rings. The van der Waals surface area contributed by atoms with E-state index in [1.807, 2.05) is 12.1 Å². The minimum atomic E-state index is -0.140. The van der Waals surface area contributed by atoms with Crippen LogP contribution >= 0.6 is 35.6 Å². The monoisotopic (exact) mass is 536 g/mol. The molecule has 0 saturated carbocycles. The molecule has 0 aromatic heterocycles. The van der Waals surface area contributed by atoms with Gasteiger partial charge in [-0.2, -0.15) is 0 Å². The number of morpholine rings is 1. The molecule has 2 N–H and O–H groups in total. The summed E-state index contributed by atoms with van der Waals surface area (Å²) in [6.45, 7) is 10.7. The van der Waals surface area contributed by atoms with Crippen molar-refractivity contribution in [3.63, 3.8) is 0 Å². The van der Waals surface area contributed by atoms with Gasteiger partial charge in [-0.1, -0.05) is 23.7 Å². The predicted octanol–water partition coefficient (Wildman–Crippen LogP) is 3.46. The topological polar surface area (TPSA) is 58.1 Å². The zero-order valence-electron chi connectivity index (χ0n) is 17.5. The second-order valence-electron chi connectivity index (χ2n) is 7.70. The number of halogens is 2. The van der Waals surface area contributed by atoms with E-state index < -0.39 is 0 Å². The van der Waals surface area contributed by atoms with Crippen LogP contribution in [0.1, 0.15) is 38.3 Å². The molecule has 2 atom stereocenters. The number of rotatable bonds is 7. The molecule has 0 amide bonds. The summed E-state index contributed by atoms with van der Waals surface area (Å²) in [6, 6.07) is 8.35. The normalized spacial score (nSPS) is 24.0. The quantitative estimate of drug-likeness (QED) is 0.318. The Morgan fingerprint density at radius 2 is 2.07 bits per heavy atom. The van der Waals surface area contributed by atoms with Gasteiger partial charge in [0.25, 0.3) is 0 Å². The zero-order chi connectivity index (χ0) is 19.8. The van der Waals surface area contributed by atoms with Crippen molar-refractivity contribution in [1.29, 1.82) is 0 Å². The maximum atomic E-state index is 6.26. The van der Waals surface area contributed by atoms with Gasteiger partial charge >= 0.3 is 0 Å². The van der Waals surface area contributed by atoms with Crippen LogP contribution in [-0.4, -0.2) is 69.0 Å². The summed E-state index contributed by atoms with van der Waals surface area (Å²) in [5.74, 6) is 0.833. The maximum Gasteiger partial charge on any atom is 0.191 e. The zero-order valence-corrected chi connectivity index (χ0v) is 20.5. The minimum absolute atomic E-state index is 0. The van der Waals surface area contributed by atoms with E-state index in [-0.39, 0.29) is 35.6 Å². The van der Waals surface area contributed by atoms with Crippen molar-refractivity contribution in [1.82, 2.24) is 15.5 Å². The van der Waals surface area contributed by atoms with Gasteiger partial charge in [-0.05, 0) is 44.4 Å². The average molecular weight is 537 g/mol. The molecule has 2 saturated heterocycles. The molecule has 2 aliphatic heterocycles. The molecule has 3 rings (SSSR count). The van der Waals surface area contributed by atoms with E-state index in [0.717, 1.165) is 69.8 Å². The predicted molar refractivity (Wildman–Crippen MR) is 130 cm³/mol. The molecule has 6 nitrogen and oxygen atoms in total. The van der Waals surface area contributed by atoms with Crippen molar-refractivity contribution in [2.75, 3.05) is 52.5 Å². The van der Waals surface area contributed by atoms with Crippen molar-refractivity contribution >= 4 is 41.5 Å². The standard InChI is InChI=1S/C21H33ClN4O2.HI/c1-3-23-20(25-16-21(2)8-5-11-28-21)24-15-19(26-9-12-27-13-10-26)17-6-4-7-18(22)14-17;/h4,6-7,14,19H,3,5,8-13,15-16H2,1-2H3,(H2,23,24,25);1H. The smallest absolute Gasteiger partial charge is 0.191 e. The Balaban J connectivity index is 0.00000300. The van der Waals surface area contributed by atoms with E-state index in [2.05, 4.69) is 41.5 Å². The third-order valence-corrected chi connectivity index (χ3v) is 5.63. The van der Waals surface area contributed by atoms with Crippen LogP contribution in [0.5, 0.6) is 0 Å². The summed E-state index contributed by atoms with van der Waals surface area (Å²) in [5.41, 5.74) is 1.07. The Bertz CT molecular complexity index is 649. The highest BCUT2D eigenvalue weighted by atomic mass is 127. The van der Waals surface area contributed by atoms with Gasteiger partial charge in [0, 0.05) is 37.8 Å². The lowest BCUT2D eigenvalue weighted by molar-refractivity contribution is 0.0169. The Morgan fingerprint density at radius 3 is 2.72 bits per heavy atom. The average Bonchev–Trinajstić information content (AvgIpc) is 3.14. The second kappa shape index (κ2) is 12.3. The van der Waals surface area contributed by atoms with Gasteiger partial charge in [0.2, 0.25) is 0 Å². The fourth-order valence-electron chi connectivity index (χ4n) is 3.80. The Kier molecular flexibility index (Phi) is 10.5. The number of ether oxygens (including phenoxy) is 2. The van der Waals surface area contributed by atoms with Crippen LogP contribution in [0, 0.1) is 0 Å². The highest BCUT2D eigenvalue weighted by molar-refractivity contribution is 14.0. The van der Waals surface area contributed by atoms with Gasteiger partial charge in [0.15, 0.2) is 5.96 Å². The first-order valence-electron chi connectivity index (χ1n) is 10.3. The van der Waals surface area contributed by atoms with Crippen LogP contribution in [0.15, 0.2) is 29.3 Å². The molecule has 2 fully saturated rings. The van der Waals surface area contributed by atoms with Crippen molar-refractivity contribution in [3.8, 4) is 0 Å². The van der Waals surface area contributed by atoms with E-state index in [1.165, 1.54) is 5.56 Å². The third kappa shape index (κ3) is 7.54. The molecule has 0 spiro atoms. The van der Waals surface area contributed by atoms with Crippen LogP contribution < -0.4 is 10.6 Å². The SMILES string of the molecule is CCNC(=NCC1(C)CCCO1)NCC(c1cccc(Cl)c1)N1CCOCC1.I. The highest BCUT2D eigenvalue weighted by Gasteiger charge is 2.29. The van der Waals surface area contributed by atoms with E-state index >= 15 is 0 Å². The number of hydrogen-bond acceptors (Lipinski definition) is 4. The summed E-state index contributed by atoms with van der Waals surface area (Å²) in [7, 11) is 0. The van der Waals surface area contributed by atoms with Gasteiger partial charge in [-0.15, -0.1) is 24.0 Å².